The van der Waals surface area contributed by atoms with Crippen LogP contribution in [-0.4, -0.2) is 48.3 Å². The number of hydrogen-bond donors (Lipinski definition) is 3. The molecule has 0 aliphatic carbocycles. The van der Waals surface area contributed by atoms with Gasteiger partial charge in [0.05, 0.1) is 17.8 Å². The average Bonchev–Trinajstić information content (AvgIpc) is 3.08. The van der Waals surface area contributed by atoms with Crippen molar-refractivity contribution in [1.82, 2.24) is 10.6 Å². The normalized spacial score (nSPS) is 12.3. The maximum Gasteiger partial charge on any atom is 0.408 e. The zero-order chi connectivity index (χ0) is 32.8. The Morgan fingerprint density at radius 3 is 1.63 bits per heavy atom. The van der Waals surface area contributed by atoms with Gasteiger partial charge in [-0.1, -0.05) is 121 Å². The summed E-state index contributed by atoms with van der Waals surface area (Å²) in [6.45, 7) is 1.64. The molecule has 4 aromatic carbocycles. The van der Waals surface area contributed by atoms with Crippen LogP contribution in [0.15, 0.2) is 121 Å². The highest BCUT2D eigenvalue weighted by Crippen LogP contribution is 2.48. The van der Waals surface area contributed by atoms with Crippen molar-refractivity contribution < 1.29 is 28.7 Å². The van der Waals surface area contributed by atoms with E-state index < -0.39 is 47.1 Å². The minimum Gasteiger partial charge on any atom is -0.464 e. The average molecular weight is 640 g/mol. The number of nitrogens with one attached hydrogen (secondary N) is 2. The number of benzene rings is 4. The Morgan fingerprint density at radius 1 is 0.696 bits per heavy atom. The van der Waals surface area contributed by atoms with Gasteiger partial charge in [-0.2, -0.15) is 0 Å². The zero-order valence-electron chi connectivity index (χ0n) is 25.5. The van der Waals surface area contributed by atoms with E-state index in [4.69, 9.17) is 15.2 Å². The highest BCUT2D eigenvalue weighted by atomic mass is 32.2. The molecule has 238 valence electrons. The molecule has 0 fully saturated rings. The first-order valence-corrected chi connectivity index (χ1v) is 15.8. The Bertz CT molecular complexity index is 1480. The van der Waals surface area contributed by atoms with Crippen LogP contribution in [0.3, 0.4) is 0 Å². The monoisotopic (exact) mass is 639 g/mol. The maximum atomic E-state index is 13.8. The molecule has 0 aromatic heterocycles. The quantitative estimate of drug-likeness (QED) is 0.124. The van der Waals surface area contributed by atoms with E-state index in [0.717, 1.165) is 22.3 Å². The number of thioether (sulfide) groups is 1. The first kappa shape index (κ1) is 33.8. The van der Waals surface area contributed by atoms with Crippen LogP contribution in [0.25, 0.3) is 0 Å². The topological polar surface area (TPSA) is 137 Å². The summed E-state index contributed by atoms with van der Waals surface area (Å²) in [6.07, 6.45) is -1.29. The Morgan fingerprint density at radius 2 is 1.17 bits per heavy atom. The second kappa shape index (κ2) is 16.8. The van der Waals surface area contributed by atoms with E-state index in [1.54, 1.807) is 6.92 Å². The van der Waals surface area contributed by atoms with Crippen molar-refractivity contribution in [1.29, 1.82) is 0 Å². The molecule has 4 rings (SSSR count). The minimum atomic E-state index is -1.33. The molecule has 0 aliphatic heterocycles. The molecular weight excluding hydrogens is 602 g/mol. The molecule has 2 unspecified atom stereocenters. The van der Waals surface area contributed by atoms with Crippen LogP contribution in [0.5, 0.6) is 0 Å². The summed E-state index contributed by atoms with van der Waals surface area (Å²) in [5, 5.41) is 5.25. The van der Waals surface area contributed by atoms with Crippen LogP contribution in [0.4, 0.5) is 4.79 Å². The van der Waals surface area contributed by atoms with Gasteiger partial charge in [-0.05, 0) is 29.2 Å². The zero-order valence-corrected chi connectivity index (χ0v) is 26.3. The number of ether oxygens (including phenoxy) is 2. The van der Waals surface area contributed by atoms with Gasteiger partial charge in [0.1, 0.15) is 18.7 Å². The fourth-order valence-corrected chi connectivity index (χ4v) is 6.54. The third kappa shape index (κ3) is 8.98. The van der Waals surface area contributed by atoms with Gasteiger partial charge in [-0.15, -0.1) is 11.8 Å². The summed E-state index contributed by atoms with van der Waals surface area (Å²) >= 11 is 1.44. The first-order valence-electron chi connectivity index (χ1n) is 14.9. The largest absolute Gasteiger partial charge is 0.464 e. The van der Waals surface area contributed by atoms with Crippen molar-refractivity contribution in [2.75, 3.05) is 12.4 Å². The molecule has 0 saturated carbocycles. The second-order valence-corrected chi connectivity index (χ2v) is 11.6. The lowest BCUT2D eigenvalue weighted by Gasteiger charge is -2.36. The molecule has 3 amide bonds. The van der Waals surface area contributed by atoms with E-state index in [9.17, 15) is 19.2 Å². The summed E-state index contributed by atoms with van der Waals surface area (Å²) in [7, 11) is 0. The Balaban J connectivity index is 1.69. The van der Waals surface area contributed by atoms with E-state index in [2.05, 4.69) is 10.6 Å². The van der Waals surface area contributed by atoms with E-state index >= 15 is 0 Å². The third-order valence-electron chi connectivity index (χ3n) is 7.12. The molecule has 9 nitrogen and oxygen atoms in total. The lowest BCUT2D eigenvalue weighted by Crippen LogP contribution is -2.54. The molecule has 46 heavy (non-hydrogen) atoms. The molecule has 0 aliphatic rings. The summed E-state index contributed by atoms with van der Waals surface area (Å²) in [4.78, 5) is 51.3. The number of nitrogens with two attached hydrogens (primary N) is 1. The van der Waals surface area contributed by atoms with Crippen LogP contribution in [-0.2, 0) is 35.2 Å². The van der Waals surface area contributed by atoms with Gasteiger partial charge in [-0.3, -0.25) is 9.59 Å². The molecule has 0 bridgehead atoms. The molecule has 0 heterocycles. The number of carbonyl (C=O) groups excluding carboxylic acids is 4. The summed E-state index contributed by atoms with van der Waals surface area (Å²) in [5.41, 5.74) is 9.02. The van der Waals surface area contributed by atoms with E-state index in [0.29, 0.717) is 0 Å². The van der Waals surface area contributed by atoms with Gasteiger partial charge in [0.15, 0.2) is 0 Å². The molecule has 4 N–H and O–H groups in total. The summed E-state index contributed by atoms with van der Waals surface area (Å²) in [5.74, 6) is -2.25. The van der Waals surface area contributed by atoms with Crippen molar-refractivity contribution in [3.63, 3.8) is 0 Å². The molecule has 10 heteroatoms. The number of carbonyl (C=O) groups is 4. The SMILES string of the molecule is CCOC(=O)C(CC(N)=O)NC(=O)C(CSC(c1ccccc1)(c1ccccc1)c1ccccc1)NC(=O)OCc1ccccc1. The molecular formula is C36H37N3O6S. The van der Waals surface area contributed by atoms with Gasteiger partial charge >= 0.3 is 12.1 Å². The lowest BCUT2D eigenvalue weighted by atomic mass is 9.84. The summed E-state index contributed by atoms with van der Waals surface area (Å²) in [6, 6.07) is 36.3. The number of amides is 3. The number of hydrogen-bond acceptors (Lipinski definition) is 7. The number of esters is 1. The highest BCUT2D eigenvalue weighted by Gasteiger charge is 2.39. The van der Waals surface area contributed by atoms with Crippen LogP contribution in [0.1, 0.15) is 35.6 Å². The lowest BCUT2D eigenvalue weighted by molar-refractivity contribution is -0.148. The van der Waals surface area contributed by atoms with E-state index in [1.165, 1.54) is 11.8 Å². The standard InChI is InChI=1S/C36H37N3O6S/c1-2-44-34(42)30(23-32(37)40)38-33(41)31(39-35(43)45-24-26-15-7-3-8-16-26)25-46-36(27-17-9-4-10-18-27,28-19-11-5-12-20-28)29-21-13-6-14-22-29/h3-22,30-31H,2,23-25H2,1H3,(H2,37,40)(H,38,41)(H,39,43). The number of rotatable bonds is 15. The molecule has 0 spiro atoms. The van der Waals surface area contributed by atoms with Crippen molar-refractivity contribution in [2.24, 2.45) is 5.73 Å². The van der Waals surface area contributed by atoms with Gasteiger partial charge < -0.3 is 25.8 Å². The van der Waals surface area contributed by atoms with E-state index in [1.807, 2.05) is 121 Å². The fraction of sp³-hybridized carbons (Fsp3) is 0.222. The summed E-state index contributed by atoms with van der Waals surface area (Å²) < 4.78 is 9.71. The smallest absolute Gasteiger partial charge is 0.408 e. The predicted octanol–water partition coefficient (Wildman–Crippen LogP) is 4.93. The van der Waals surface area contributed by atoms with Gasteiger partial charge in [-0.25, -0.2) is 9.59 Å². The van der Waals surface area contributed by atoms with Crippen molar-refractivity contribution in [2.45, 2.75) is 36.8 Å². The number of primary amides is 1. The van der Waals surface area contributed by atoms with E-state index in [-0.39, 0.29) is 19.0 Å². The highest BCUT2D eigenvalue weighted by molar-refractivity contribution is 8.00. The number of alkyl carbamates (subject to hydrolysis) is 1. The molecule has 0 radical (unpaired) electrons. The Labute approximate surface area is 272 Å². The second-order valence-electron chi connectivity index (χ2n) is 10.3. The third-order valence-corrected chi connectivity index (χ3v) is 8.76. The van der Waals surface area contributed by atoms with Gasteiger partial charge in [0.2, 0.25) is 11.8 Å². The Kier molecular flexibility index (Phi) is 12.4. The van der Waals surface area contributed by atoms with Crippen molar-refractivity contribution in [3.05, 3.63) is 144 Å². The minimum absolute atomic E-state index is 0.0106. The van der Waals surface area contributed by atoms with Crippen LogP contribution < -0.4 is 16.4 Å². The van der Waals surface area contributed by atoms with Crippen LogP contribution >= 0.6 is 11.8 Å². The van der Waals surface area contributed by atoms with Crippen molar-refractivity contribution in [3.8, 4) is 0 Å². The Hall–Kier alpha value is -5.09. The molecule has 2 atom stereocenters. The maximum absolute atomic E-state index is 13.8. The van der Waals surface area contributed by atoms with Crippen LogP contribution in [0.2, 0.25) is 0 Å². The molecule has 0 saturated heterocycles. The van der Waals surface area contributed by atoms with Gasteiger partial charge in [0.25, 0.3) is 0 Å². The fourth-order valence-electron chi connectivity index (χ4n) is 4.98. The first-order chi connectivity index (χ1) is 22.3. The van der Waals surface area contributed by atoms with Crippen molar-refractivity contribution >= 4 is 35.6 Å². The van der Waals surface area contributed by atoms with Crippen LogP contribution in [0, 0.1) is 0 Å². The molecule has 4 aromatic rings. The van der Waals surface area contributed by atoms with Gasteiger partial charge in [0, 0.05) is 5.75 Å². The predicted molar refractivity (Wildman–Crippen MR) is 178 cm³/mol.